The van der Waals surface area contributed by atoms with Crippen LogP contribution in [-0.4, -0.2) is 35.6 Å². The summed E-state index contributed by atoms with van der Waals surface area (Å²) in [6.07, 6.45) is 0. The minimum Gasteiger partial charge on any atom is -0.368 e. The fourth-order valence-corrected chi connectivity index (χ4v) is 1.32. The molecule has 0 saturated heterocycles. The van der Waals surface area contributed by atoms with Crippen LogP contribution in [0.15, 0.2) is 6.07 Å². The highest BCUT2D eigenvalue weighted by molar-refractivity contribution is 5.49. The van der Waals surface area contributed by atoms with E-state index in [9.17, 15) is 0 Å². The number of nitrogens with two attached hydrogens (primary N) is 1. The fraction of sp³-hybridized carbons (Fsp3) is 0.667. The van der Waals surface area contributed by atoms with E-state index in [1.807, 2.05) is 33.9 Å². The molecule has 0 fully saturated rings. The van der Waals surface area contributed by atoms with Gasteiger partial charge in [0.1, 0.15) is 17.5 Å². The summed E-state index contributed by atoms with van der Waals surface area (Å²) >= 11 is 0. The second kappa shape index (κ2) is 5.31. The Labute approximate surface area is 103 Å². The summed E-state index contributed by atoms with van der Waals surface area (Å²) in [6.45, 7) is 9.54. The topological polar surface area (TPSA) is 67.1 Å². The maximum absolute atomic E-state index is 5.93. The summed E-state index contributed by atoms with van der Waals surface area (Å²) in [5.74, 6) is 2.52. The van der Waals surface area contributed by atoms with Crippen molar-refractivity contribution >= 4 is 11.6 Å². The van der Waals surface area contributed by atoms with Gasteiger partial charge in [-0.2, -0.15) is 0 Å². The molecular weight excluding hydrogens is 214 g/mol. The first-order chi connectivity index (χ1) is 7.81. The van der Waals surface area contributed by atoms with Gasteiger partial charge in [-0.3, -0.25) is 0 Å². The van der Waals surface area contributed by atoms with Crippen LogP contribution >= 0.6 is 0 Å². The molecule has 3 N–H and O–H groups in total. The normalized spacial score (nSPS) is 11.4. The van der Waals surface area contributed by atoms with Gasteiger partial charge in [0.25, 0.3) is 0 Å². The summed E-state index contributed by atoms with van der Waals surface area (Å²) < 4.78 is 0. The lowest BCUT2D eigenvalue weighted by Gasteiger charge is -2.21. The summed E-state index contributed by atoms with van der Waals surface area (Å²) in [5.41, 5.74) is 5.67. The Morgan fingerprint density at radius 3 is 2.59 bits per heavy atom. The van der Waals surface area contributed by atoms with Gasteiger partial charge in [-0.15, -0.1) is 0 Å². The summed E-state index contributed by atoms with van der Waals surface area (Å²) in [5, 5.41) is 3.24. The Balaban J connectivity index is 2.82. The van der Waals surface area contributed by atoms with Crippen molar-refractivity contribution < 1.29 is 0 Å². The van der Waals surface area contributed by atoms with Crippen LogP contribution in [0.5, 0.6) is 0 Å². The highest BCUT2D eigenvalue weighted by atomic mass is 15.2. The molecule has 17 heavy (non-hydrogen) atoms. The summed E-state index contributed by atoms with van der Waals surface area (Å²) in [6, 6.07) is 1.95. The van der Waals surface area contributed by atoms with Gasteiger partial charge in [-0.05, 0) is 27.7 Å². The van der Waals surface area contributed by atoms with Crippen LogP contribution in [0, 0.1) is 6.92 Å². The van der Waals surface area contributed by atoms with Gasteiger partial charge in [0.2, 0.25) is 0 Å². The molecule has 0 bridgehead atoms. The lowest BCUT2D eigenvalue weighted by Crippen LogP contribution is -2.39. The monoisotopic (exact) mass is 237 g/mol. The van der Waals surface area contributed by atoms with Gasteiger partial charge < -0.3 is 16.0 Å². The van der Waals surface area contributed by atoms with E-state index >= 15 is 0 Å². The Kier molecular flexibility index (Phi) is 4.28. The van der Waals surface area contributed by atoms with Crippen LogP contribution in [0.1, 0.15) is 26.6 Å². The number of nitrogens with zero attached hydrogens (tertiary/aromatic N) is 3. The number of nitrogens with one attached hydrogen (secondary N) is 1. The van der Waals surface area contributed by atoms with Gasteiger partial charge in [0.15, 0.2) is 0 Å². The van der Waals surface area contributed by atoms with E-state index in [0.29, 0.717) is 6.54 Å². The molecule has 1 heterocycles. The smallest absolute Gasteiger partial charge is 0.134 e. The molecule has 0 aliphatic carbocycles. The fourth-order valence-electron chi connectivity index (χ4n) is 1.32. The SMILES string of the molecule is CCN(C)c1cc(NCC(C)(C)N)nc(C)n1. The van der Waals surface area contributed by atoms with E-state index in [-0.39, 0.29) is 5.54 Å². The predicted molar refractivity (Wildman–Crippen MR) is 72.5 cm³/mol. The molecule has 0 radical (unpaired) electrons. The molecule has 0 aliphatic rings. The highest BCUT2D eigenvalue weighted by Crippen LogP contribution is 2.14. The summed E-state index contributed by atoms with van der Waals surface area (Å²) in [7, 11) is 2.01. The Hall–Kier alpha value is -1.36. The summed E-state index contributed by atoms with van der Waals surface area (Å²) in [4.78, 5) is 10.8. The van der Waals surface area contributed by atoms with Gasteiger partial charge >= 0.3 is 0 Å². The van der Waals surface area contributed by atoms with Crippen molar-refractivity contribution in [1.82, 2.24) is 9.97 Å². The third-order valence-corrected chi connectivity index (χ3v) is 2.41. The average molecular weight is 237 g/mol. The Bertz CT molecular complexity index is 370. The molecular formula is C12H23N5. The zero-order chi connectivity index (χ0) is 13.1. The first kappa shape index (κ1) is 13.7. The molecule has 0 spiro atoms. The standard InChI is InChI=1S/C12H23N5/c1-6-17(5)11-7-10(15-9(2)16-11)14-8-12(3,4)13/h7H,6,8,13H2,1-5H3,(H,14,15,16). The molecule has 1 aromatic heterocycles. The number of anilines is 2. The van der Waals surface area contributed by atoms with Crippen molar-refractivity contribution in [2.24, 2.45) is 5.73 Å². The van der Waals surface area contributed by atoms with Crippen LogP contribution in [-0.2, 0) is 0 Å². The van der Waals surface area contributed by atoms with E-state index in [1.165, 1.54) is 0 Å². The molecule has 5 heteroatoms. The molecule has 0 aromatic carbocycles. The zero-order valence-corrected chi connectivity index (χ0v) is 11.4. The van der Waals surface area contributed by atoms with Crippen molar-refractivity contribution in [1.29, 1.82) is 0 Å². The molecule has 0 unspecified atom stereocenters. The van der Waals surface area contributed by atoms with E-state index in [0.717, 1.165) is 24.0 Å². The van der Waals surface area contributed by atoms with Gasteiger partial charge in [-0.1, -0.05) is 0 Å². The lowest BCUT2D eigenvalue weighted by molar-refractivity contribution is 0.548. The van der Waals surface area contributed by atoms with Crippen LogP contribution in [0.3, 0.4) is 0 Å². The molecule has 0 atom stereocenters. The number of aryl methyl sites for hydroxylation is 1. The zero-order valence-electron chi connectivity index (χ0n) is 11.4. The second-order valence-electron chi connectivity index (χ2n) is 5.01. The van der Waals surface area contributed by atoms with Gasteiger partial charge in [-0.25, -0.2) is 9.97 Å². The van der Waals surface area contributed by atoms with Crippen molar-refractivity contribution in [3.05, 3.63) is 11.9 Å². The van der Waals surface area contributed by atoms with E-state index in [2.05, 4.69) is 27.1 Å². The molecule has 0 aliphatic heterocycles. The van der Waals surface area contributed by atoms with E-state index in [4.69, 9.17) is 5.73 Å². The van der Waals surface area contributed by atoms with E-state index in [1.54, 1.807) is 0 Å². The van der Waals surface area contributed by atoms with E-state index < -0.39 is 0 Å². The predicted octanol–water partition coefficient (Wildman–Crippen LogP) is 1.39. The van der Waals surface area contributed by atoms with Gasteiger partial charge in [0.05, 0.1) is 0 Å². The number of hydrogen-bond acceptors (Lipinski definition) is 5. The largest absolute Gasteiger partial charge is 0.368 e. The molecule has 1 rings (SSSR count). The van der Waals surface area contributed by atoms with Crippen LogP contribution in [0.25, 0.3) is 0 Å². The van der Waals surface area contributed by atoms with Crippen LogP contribution in [0.4, 0.5) is 11.6 Å². The minimum atomic E-state index is -0.254. The molecule has 0 amide bonds. The van der Waals surface area contributed by atoms with Gasteiger partial charge in [0, 0.05) is 31.7 Å². The third kappa shape index (κ3) is 4.56. The first-order valence-electron chi connectivity index (χ1n) is 5.91. The quantitative estimate of drug-likeness (QED) is 0.810. The van der Waals surface area contributed by atoms with Crippen molar-refractivity contribution in [3.8, 4) is 0 Å². The average Bonchev–Trinajstić information content (AvgIpc) is 2.23. The maximum atomic E-state index is 5.93. The van der Waals surface area contributed by atoms with Crippen LogP contribution in [0.2, 0.25) is 0 Å². The first-order valence-corrected chi connectivity index (χ1v) is 5.91. The molecule has 1 aromatic rings. The lowest BCUT2D eigenvalue weighted by atomic mass is 10.1. The molecule has 96 valence electrons. The van der Waals surface area contributed by atoms with Crippen LogP contribution < -0.4 is 16.0 Å². The minimum absolute atomic E-state index is 0.254. The second-order valence-corrected chi connectivity index (χ2v) is 5.01. The molecule has 5 nitrogen and oxygen atoms in total. The third-order valence-electron chi connectivity index (χ3n) is 2.41. The Morgan fingerprint density at radius 1 is 1.41 bits per heavy atom. The number of rotatable bonds is 5. The number of aromatic nitrogens is 2. The number of hydrogen-bond donors (Lipinski definition) is 2. The molecule has 0 saturated carbocycles. The van der Waals surface area contributed by atoms with Crippen molar-refractivity contribution in [2.75, 3.05) is 30.4 Å². The maximum Gasteiger partial charge on any atom is 0.134 e. The Morgan fingerprint density at radius 2 is 2.06 bits per heavy atom. The highest BCUT2D eigenvalue weighted by Gasteiger charge is 2.11. The van der Waals surface area contributed by atoms with Crippen molar-refractivity contribution in [3.63, 3.8) is 0 Å². The van der Waals surface area contributed by atoms with Crippen molar-refractivity contribution in [2.45, 2.75) is 33.2 Å².